The Labute approximate surface area is 147 Å². The minimum absolute atomic E-state index is 0. The zero-order valence-electron chi connectivity index (χ0n) is 12.8. The maximum atomic E-state index is 12.4. The van der Waals surface area contributed by atoms with Gasteiger partial charge in [-0.25, -0.2) is 0 Å². The molecule has 2 aliphatic heterocycles. The van der Waals surface area contributed by atoms with Gasteiger partial charge in [0, 0.05) is 37.1 Å². The van der Waals surface area contributed by atoms with Crippen molar-refractivity contribution < 1.29 is 4.79 Å². The summed E-state index contributed by atoms with van der Waals surface area (Å²) in [5.74, 6) is 0.192. The summed E-state index contributed by atoms with van der Waals surface area (Å²) in [4.78, 5) is 17.6. The smallest absolute Gasteiger partial charge is 0.236 e. The van der Waals surface area contributed by atoms with Crippen LogP contribution < -0.4 is 5.32 Å². The maximum absolute atomic E-state index is 12.4. The summed E-state index contributed by atoms with van der Waals surface area (Å²) >= 11 is 7.47. The van der Waals surface area contributed by atoms with Crippen molar-refractivity contribution in [3.63, 3.8) is 0 Å². The Morgan fingerprint density at radius 2 is 2.18 bits per heavy atom. The minimum atomic E-state index is 0. The van der Waals surface area contributed by atoms with Gasteiger partial charge in [-0.3, -0.25) is 9.69 Å². The number of amides is 1. The Morgan fingerprint density at radius 1 is 1.41 bits per heavy atom. The van der Waals surface area contributed by atoms with E-state index in [1.54, 1.807) is 16.2 Å². The number of hydrogen-bond acceptors (Lipinski definition) is 4. The molecule has 0 saturated carbocycles. The van der Waals surface area contributed by atoms with Crippen LogP contribution in [0, 0.1) is 0 Å². The predicted octanol–water partition coefficient (Wildman–Crippen LogP) is 2.61. The molecule has 0 aromatic carbocycles. The lowest BCUT2D eigenvalue weighted by Crippen LogP contribution is -2.42. The molecule has 3 rings (SSSR count). The average molecular weight is 364 g/mol. The summed E-state index contributed by atoms with van der Waals surface area (Å²) in [6.45, 7) is 3.20. The van der Waals surface area contributed by atoms with Crippen molar-refractivity contribution in [1.29, 1.82) is 0 Å². The number of hydrogen-bond donors (Lipinski definition) is 1. The van der Waals surface area contributed by atoms with E-state index in [1.165, 1.54) is 12.8 Å². The van der Waals surface area contributed by atoms with Crippen LogP contribution in [0.2, 0.25) is 4.34 Å². The van der Waals surface area contributed by atoms with Gasteiger partial charge in [-0.15, -0.1) is 23.7 Å². The van der Waals surface area contributed by atoms with Crippen LogP contribution in [0.4, 0.5) is 0 Å². The molecule has 2 saturated heterocycles. The average Bonchev–Trinajstić information content (AvgIpc) is 2.98. The molecule has 2 atom stereocenters. The van der Waals surface area contributed by atoms with E-state index in [4.69, 9.17) is 11.6 Å². The van der Waals surface area contributed by atoms with Crippen molar-refractivity contribution in [2.45, 2.75) is 37.9 Å². The summed E-state index contributed by atoms with van der Waals surface area (Å²) in [6, 6.07) is 5.12. The van der Waals surface area contributed by atoms with Gasteiger partial charge in [0.05, 0.1) is 17.4 Å². The first-order valence-electron chi connectivity index (χ1n) is 7.57. The van der Waals surface area contributed by atoms with Gasteiger partial charge in [-0.1, -0.05) is 11.6 Å². The number of nitrogens with one attached hydrogen (secondary N) is 1. The summed E-state index contributed by atoms with van der Waals surface area (Å²) in [7, 11) is 1.87. The first kappa shape index (κ1) is 18.0. The second kappa shape index (κ2) is 7.97. The maximum Gasteiger partial charge on any atom is 0.236 e. The summed E-state index contributed by atoms with van der Waals surface area (Å²) in [6.07, 6.45) is 3.71. The lowest BCUT2D eigenvalue weighted by molar-refractivity contribution is -0.131. The van der Waals surface area contributed by atoms with Crippen LogP contribution in [0.5, 0.6) is 0 Å². The van der Waals surface area contributed by atoms with E-state index in [9.17, 15) is 4.79 Å². The molecule has 1 N–H and O–H groups in total. The molecule has 1 aromatic rings. The molecule has 3 heterocycles. The molecule has 22 heavy (non-hydrogen) atoms. The Balaban J connectivity index is 0.00000176. The van der Waals surface area contributed by atoms with Gasteiger partial charge in [0.1, 0.15) is 0 Å². The highest BCUT2D eigenvalue weighted by atomic mass is 35.5. The number of likely N-dealkylation sites (N-methyl/N-ethyl adjacent to an activating group) is 1. The van der Waals surface area contributed by atoms with E-state index >= 15 is 0 Å². The van der Waals surface area contributed by atoms with Crippen LogP contribution in [-0.2, 0) is 11.3 Å². The molecular formula is C15H23Cl2N3OS. The van der Waals surface area contributed by atoms with Crippen LogP contribution in [0.1, 0.15) is 24.1 Å². The fourth-order valence-corrected chi connectivity index (χ4v) is 4.37. The highest BCUT2D eigenvalue weighted by molar-refractivity contribution is 7.16. The van der Waals surface area contributed by atoms with Crippen molar-refractivity contribution in [3.05, 3.63) is 21.3 Å². The summed E-state index contributed by atoms with van der Waals surface area (Å²) in [5.41, 5.74) is 0. The number of thiophene rings is 1. The molecule has 124 valence electrons. The highest BCUT2D eigenvalue weighted by Crippen LogP contribution is 2.23. The van der Waals surface area contributed by atoms with Crippen molar-refractivity contribution in [2.75, 3.05) is 26.7 Å². The Kier molecular flexibility index (Phi) is 6.53. The molecule has 2 fully saturated rings. The summed E-state index contributed by atoms with van der Waals surface area (Å²) in [5, 5.41) is 3.65. The molecule has 1 aromatic heterocycles. The molecular weight excluding hydrogens is 341 g/mol. The van der Waals surface area contributed by atoms with Gasteiger partial charge < -0.3 is 10.2 Å². The molecule has 7 heteroatoms. The molecule has 2 aliphatic rings. The van der Waals surface area contributed by atoms with Crippen LogP contribution >= 0.6 is 35.3 Å². The monoisotopic (exact) mass is 363 g/mol. The molecule has 2 bridgehead atoms. The third-order valence-electron chi connectivity index (χ3n) is 4.41. The second-order valence-electron chi connectivity index (χ2n) is 6.12. The van der Waals surface area contributed by atoms with Crippen molar-refractivity contribution in [3.8, 4) is 0 Å². The second-order valence-corrected chi connectivity index (χ2v) is 7.92. The zero-order valence-corrected chi connectivity index (χ0v) is 15.1. The molecule has 0 aliphatic carbocycles. The van der Waals surface area contributed by atoms with Crippen molar-refractivity contribution in [1.82, 2.24) is 15.1 Å². The Hall–Kier alpha value is -0.330. The van der Waals surface area contributed by atoms with E-state index in [2.05, 4.69) is 10.2 Å². The van der Waals surface area contributed by atoms with E-state index in [0.29, 0.717) is 25.2 Å². The Bertz CT molecular complexity index is 511. The van der Waals surface area contributed by atoms with Gasteiger partial charge in [0.25, 0.3) is 0 Å². The normalized spacial score (nSPS) is 24.6. The number of fused-ring (bicyclic) bond motifs is 2. The third-order valence-corrected chi connectivity index (χ3v) is 5.63. The van der Waals surface area contributed by atoms with E-state index in [0.717, 1.165) is 28.7 Å². The predicted molar refractivity (Wildman–Crippen MR) is 94.1 cm³/mol. The molecule has 4 nitrogen and oxygen atoms in total. The number of nitrogens with zero attached hydrogens (tertiary/aromatic N) is 2. The van der Waals surface area contributed by atoms with Gasteiger partial charge in [-0.2, -0.15) is 0 Å². The SMILES string of the molecule is CN(Cc1ccc(Cl)s1)C(=O)CN1CCC2CCC(C1)N2.Cl. The lowest BCUT2D eigenvalue weighted by Gasteiger charge is -2.26. The number of likely N-dealkylation sites (tertiary alicyclic amines) is 1. The molecule has 1 amide bonds. The zero-order chi connectivity index (χ0) is 14.8. The van der Waals surface area contributed by atoms with Crippen LogP contribution in [0.3, 0.4) is 0 Å². The van der Waals surface area contributed by atoms with E-state index < -0.39 is 0 Å². The summed E-state index contributed by atoms with van der Waals surface area (Å²) < 4.78 is 0.778. The molecule has 2 unspecified atom stereocenters. The topological polar surface area (TPSA) is 35.6 Å². The fraction of sp³-hybridized carbons (Fsp3) is 0.667. The van der Waals surface area contributed by atoms with Gasteiger partial charge in [0.2, 0.25) is 5.91 Å². The van der Waals surface area contributed by atoms with Crippen LogP contribution in [0.25, 0.3) is 0 Å². The highest BCUT2D eigenvalue weighted by Gasteiger charge is 2.30. The van der Waals surface area contributed by atoms with Gasteiger partial charge in [0.15, 0.2) is 0 Å². The fourth-order valence-electron chi connectivity index (χ4n) is 3.23. The van der Waals surface area contributed by atoms with Gasteiger partial charge >= 0.3 is 0 Å². The Morgan fingerprint density at radius 3 is 2.91 bits per heavy atom. The van der Waals surface area contributed by atoms with E-state index in [-0.39, 0.29) is 18.3 Å². The standard InChI is InChI=1S/C15H22ClN3OS.ClH/c1-18(9-13-4-5-14(16)21-13)15(20)10-19-7-6-11-2-3-12(8-19)17-11;/h4-5,11-12,17H,2-3,6-10H2,1H3;1H. The first-order valence-corrected chi connectivity index (χ1v) is 8.76. The van der Waals surface area contributed by atoms with Crippen molar-refractivity contribution >= 4 is 41.3 Å². The van der Waals surface area contributed by atoms with Crippen LogP contribution in [0.15, 0.2) is 12.1 Å². The minimum Gasteiger partial charge on any atom is -0.340 e. The van der Waals surface area contributed by atoms with Gasteiger partial charge in [-0.05, 0) is 31.4 Å². The third kappa shape index (κ3) is 4.59. The molecule has 0 spiro atoms. The molecule has 0 radical (unpaired) electrons. The largest absolute Gasteiger partial charge is 0.340 e. The lowest BCUT2D eigenvalue weighted by atomic mass is 10.1. The number of rotatable bonds is 4. The quantitative estimate of drug-likeness (QED) is 0.892. The van der Waals surface area contributed by atoms with E-state index in [1.807, 2.05) is 19.2 Å². The number of carbonyl (C=O) groups excluding carboxylic acids is 1. The number of carbonyl (C=O) groups is 1. The first-order chi connectivity index (χ1) is 10.1. The van der Waals surface area contributed by atoms with Crippen molar-refractivity contribution in [2.24, 2.45) is 0 Å². The van der Waals surface area contributed by atoms with Crippen LogP contribution in [-0.4, -0.2) is 54.5 Å². The number of halogens is 2.